The molecule has 0 fully saturated rings. The summed E-state index contributed by atoms with van der Waals surface area (Å²) in [6.45, 7) is 0.493. The number of hydrogen-bond acceptors (Lipinski definition) is 3. The standard InChI is InChI=1S/C17H13Cl2NO2S/c18-12-6-7-13(19)14(10-12)20-17(21)15-16(23-9-8-22-15)11-4-2-1-3-5-11/h1-7,10H,8-9H2,(H,20,21). The first-order valence-corrected chi connectivity index (χ1v) is 8.71. The van der Waals surface area contributed by atoms with Crippen LogP contribution in [0.3, 0.4) is 0 Å². The van der Waals surface area contributed by atoms with E-state index in [1.165, 1.54) is 0 Å². The van der Waals surface area contributed by atoms with E-state index < -0.39 is 0 Å². The van der Waals surface area contributed by atoms with E-state index in [4.69, 9.17) is 27.9 Å². The molecule has 1 aliphatic heterocycles. The van der Waals surface area contributed by atoms with Gasteiger partial charge in [0.25, 0.3) is 5.91 Å². The summed E-state index contributed by atoms with van der Waals surface area (Å²) in [6, 6.07) is 14.6. The fourth-order valence-corrected chi connectivity index (χ4v) is 3.46. The number of carbonyl (C=O) groups is 1. The Morgan fingerprint density at radius 1 is 1.13 bits per heavy atom. The summed E-state index contributed by atoms with van der Waals surface area (Å²) in [4.78, 5) is 13.4. The van der Waals surface area contributed by atoms with Gasteiger partial charge < -0.3 is 10.1 Å². The Morgan fingerprint density at radius 2 is 1.91 bits per heavy atom. The third-order valence-corrected chi connectivity index (χ3v) is 4.85. The highest BCUT2D eigenvalue weighted by Gasteiger charge is 2.23. The van der Waals surface area contributed by atoms with Crippen molar-refractivity contribution < 1.29 is 9.53 Å². The predicted molar refractivity (Wildman–Crippen MR) is 96.9 cm³/mol. The lowest BCUT2D eigenvalue weighted by atomic mass is 10.2. The summed E-state index contributed by atoms with van der Waals surface area (Å²) in [5, 5.41) is 3.69. The van der Waals surface area contributed by atoms with Gasteiger partial charge in [0, 0.05) is 10.8 Å². The predicted octanol–water partition coefficient (Wildman–Crippen LogP) is 5.06. The van der Waals surface area contributed by atoms with E-state index in [-0.39, 0.29) is 5.91 Å². The number of halogens is 2. The Bertz CT molecular complexity index is 762. The summed E-state index contributed by atoms with van der Waals surface area (Å²) >= 11 is 13.7. The summed E-state index contributed by atoms with van der Waals surface area (Å²) in [6.07, 6.45) is 0. The van der Waals surface area contributed by atoms with Crippen LogP contribution in [0.25, 0.3) is 4.91 Å². The number of anilines is 1. The number of thioether (sulfide) groups is 1. The molecule has 0 atom stereocenters. The molecule has 0 radical (unpaired) electrons. The second kappa shape index (κ2) is 7.30. The van der Waals surface area contributed by atoms with Gasteiger partial charge in [-0.15, -0.1) is 11.8 Å². The zero-order valence-corrected chi connectivity index (χ0v) is 14.3. The van der Waals surface area contributed by atoms with Crippen LogP contribution in [0, 0.1) is 0 Å². The van der Waals surface area contributed by atoms with Crippen LogP contribution in [0.15, 0.2) is 54.3 Å². The van der Waals surface area contributed by atoms with Crippen molar-refractivity contribution in [3.8, 4) is 0 Å². The molecule has 2 aromatic carbocycles. The molecule has 0 unspecified atom stereocenters. The van der Waals surface area contributed by atoms with Gasteiger partial charge in [-0.2, -0.15) is 0 Å². The van der Waals surface area contributed by atoms with Gasteiger partial charge in [0.2, 0.25) is 0 Å². The summed E-state index contributed by atoms with van der Waals surface area (Å²) in [5.41, 5.74) is 1.42. The Balaban J connectivity index is 1.92. The summed E-state index contributed by atoms with van der Waals surface area (Å²) in [7, 11) is 0. The first-order chi connectivity index (χ1) is 11.1. The lowest BCUT2D eigenvalue weighted by Gasteiger charge is -2.20. The smallest absolute Gasteiger partial charge is 0.291 e. The Morgan fingerprint density at radius 3 is 2.70 bits per heavy atom. The summed E-state index contributed by atoms with van der Waals surface area (Å²) in [5.74, 6) is 0.780. The van der Waals surface area contributed by atoms with Crippen molar-refractivity contribution in [3.63, 3.8) is 0 Å². The maximum Gasteiger partial charge on any atom is 0.291 e. The molecular weight excluding hydrogens is 353 g/mol. The molecule has 0 aliphatic carbocycles. The lowest BCUT2D eigenvalue weighted by molar-refractivity contribution is -0.115. The monoisotopic (exact) mass is 365 g/mol. The number of amides is 1. The quantitative estimate of drug-likeness (QED) is 0.825. The molecule has 1 aliphatic rings. The number of ether oxygens (including phenoxy) is 1. The van der Waals surface area contributed by atoms with E-state index in [2.05, 4.69) is 5.32 Å². The van der Waals surface area contributed by atoms with Crippen molar-refractivity contribution in [2.75, 3.05) is 17.7 Å². The average molecular weight is 366 g/mol. The Kier molecular flexibility index (Phi) is 5.16. The van der Waals surface area contributed by atoms with Crippen LogP contribution in [-0.4, -0.2) is 18.3 Å². The van der Waals surface area contributed by atoms with E-state index in [9.17, 15) is 4.79 Å². The van der Waals surface area contributed by atoms with Gasteiger partial charge in [-0.1, -0.05) is 53.5 Å². The maximum absolute atomic E-state index is 12.6. The number of hydrogen-bond donors (Lipinski definition) is 1. The van der Waals surface area contributed by atoms with Crippen LogP contribution in [-0.2, 0) is 9.53 Å². The molecule has 1 heterocycles. The molecule has 2 aromatic rings. The number of rotatable bonds is 3. The molecule has 0 bridgehead atoms. The van der Waals surface area contributed by atoms with Crippen LogP contribution in [0.5, 0.6) is 0 Å². The molecule has 3 rings (SSSR count). The van der Waals surface area contributed by atoms with Gasteiger partial charge in [-0.25, -0.2) is 0 Å². The summed E-state index contributed by atoms with van der Waals surface area (Å²) < 4.78 is 5.62. The fourth-order valence-electron chi connectivity index (χ4n) is 2.16. The third kappa shape index (κ3) is 3.83. The topological polar surface area (TPSA) is 38.3 Å². The van der Waals surface area contributed by atoms with Crippen LogP contribution in [0.1, 0.15) is 5.56 Å². The van der Waals surface area contributed by atoms with Gasteiger partial charge in [-0.05, 0) is 23.8 Å². The van der Waals surface area contributed by atoms with Gasteiger partial charge >= 0.3 is 0 Å². The van der Waals surface area contributed by atoms with Gasteiger partial charge in [0.1, 0.15) is 0 Å². The molecule has 0 aromatic heterocycles. The largest absolute Gasteiger partial charge is 0.486 e. The number of nitrogens with one attached hydrogen (secondary N) is 1. The molecule has 118 valence electrons. The zero-order valence-electron chi connectivity index (χ0n) is 12.0. The Hall–Kier alpha value is -1.62. The molecule has 6 heteroatoms. The van der Waals surface area contributed by atoms with E-state index in [0.717, 1.165) is 16.2 Å². The third-order valence-electron chi connectivity index (χ3n) is 3.20. The van der Waals surface area contributed by atoms with Crippen LogP contribution >= 0.6 is 35.0 Å². The van der Waals surface area contributed by atoms with Crippen molar-refractivity contribution >= 4 is 51.5 Å². The second-order valence-electron chi connectivity index (χ2n) is 4.80. The second-order valence-corrected chi connectivity index (χ2v) is 6.75. The van der Waals surface area contributed by atoms with Crippen molar-refractivity contribution in [2.24, 2.45) is 0 Å². The van der Waals surface area contributed by atoms with Gasteiger partial charge in [0.15, 0.2) is 5.76 Å². The molecule has 0 saturated heterocycles. The SMILES string of the molecule is O=C(Nc1cc(Cl)ccc1Cl)C1=C(c2ccccc2)SCCO1. The van der Waals surface area contributed by atoms with Gasteiger partial charge in [0.05, 0.1) is 22.2 Å². The highest BCUT2D eigenvalue weighted by Crippen LogP contribution is 2.35. The highest BCUT2D eigenvalue weighted by molar-refractivity contribution is 8.08. The Labute approximate surface area is 148 Å². The molecular formula is C17H13Cl2NO2S. The molecule has 23 heavy (non-hydrogen) atoms. The molecule has 0 spiro atoms. The normalized spacial score (nSPS) is 14.3. The minimum absolute atomic E-state index is 0.309. The van der Waals surface area contributed by atoms with E-state index in [1.54, 1.807) is 30.0 Å². The van der Waals surface area contributed by atoms with Crippen LogP contribution in [0.4, 0.5) is 5.69 Å². The lowest BCUT2D eigenvalue weighted by Crippen LogP contribution is -2.21. The van der Waals surface area contributed by atoms with Crippen molar-refractivity contribution in [1.29, 1.82) is 0 Å². The van der Waals surface area contributed by atoms with Crippen LogP contribution < -0.4 is 5.32 Å². The zero-order chi connectivity index (χ0) is 16.2. The first kappa shape index (κ1) is 16.2. The van der Waals surface area contributed by atoms with E-state index in [1.807, 2.05) is 30.3 Å². The molecule has 1 N–H and O–H groups in total. The molecule has 3 nitrogen and oxygen atoms in total. The number of benzene rings is 2. The fraction of sp³-hybridized carbons (Fsp3) is 0.118. The average Bonchev–Trinajstić information content (AvgIpc) is 2.59. The van der Waals surface area contributed by atoms with Crippen molar-refractivity contribution in [1.82, 2.24) is 0 Å². The minimum atomic E-state index is -0.333. The first-order valence-electron chi connectivity index (χ1n) is 6.97. The minimum Gasteiger partial charge on any atom is -0.486 e. The van der Waals surface area contributed by atoms with Crippen molar-refractivity contribution in [2.45, 2.75) is 0 Å². The van der Waals surface area contributed by atoms with E-state index in [0.29, 0.717) is 28.1 Å². The van der Waals surface area contributed by atoms with Crippen LogP contribution in [0.2, 0.25) is 10.0 Å². The maximum atomic E-state index is 12.6. The molecule has 1 amide bonds. The van der Waals surface area contributed by atoms with E-state index >= 15 is 0 Å². The molecule has 0 saturated carbocycles. The highest BCUT2D eigenvalue weighted by atomic mass is 35.5. The van der Waals surface area contributed by atoms with Gasteiger partial charge in [-0.3, -0.25) is 4.79 Å². The number of carbonyl (C=O) groups excluding carboxylic acids is 1. The van der Waals surface area contributed by atoms with Crippen molar-refractivity contribution in [3.05, 3.63) is 69.9 Å².